The van der Waals surface area contributed by atoms with E-state index in [2.05, 4.69) is 211 Å². The molecule has 3 atom stereocenters. The average Bonchev–Trinajstić information content (AvgIpc) is 3.57. The molecule has 6 aromatic rings. The van der Waals surface area contributed by atoms with Crippen LogP contribution >= 0.6 is 7.51 Å². The minimum Gasteiger partial charge on any atom is -0.244 e. The van der Waals surface area contributed by atoms with Crippen molar-refractivity contribution in [2.45, 2.75) is 36.0 Å². The Kier molecular flexibility index (Phi) is 8.43. The van der Waals surface area contributed by atoms with Crippen LogP contribution in [-0.4, -0.2) is 35.5 Å². The number of hydrogen-bond donors (Lipinski definition) is 1. The summed E-state index contributed by atoms with van der Waals surface area (Å²) in [4.78, 5) is 0. The van der Waals surface area contributed by atoms with E-state index in [4.69, 9.17) is 4.74 Å². The summed E-state index contributed by atoms with van der Waals surface area (Å²) in [5.74, 6) is 0. The SMILES string of the molecule is CN1C(Cc2ccccc2)C(c2ccccc2)(c2ccccc2)N=P12NC(c1ccccc1)(c1ccccc1)C(Cc1ccccc1)N2C. The van der Waals surface area contributed by atoms with E-state index < -0.39 is 18.6 Å². The van der Waals surface area contributed by atoms with Crippen LogP contribution in [0.25, 0.3) is 0 Å². The van der Waals surface area contributed by atoms with Crippen molar-refractivity contribution < 1.29 is 0 Å². The van der Waals surface area contributed by atoms with E-state index in [-0.39, 0.29) is 12.1 Å². The zero-order chi connectivity index (χ0) is 33.3. The lowest BCUT2D eigenvalue weighted by atomic mass is 9.75. The highest BCUT2D eigenvalue weighted by atomic mass is 31.2. The molecule has 0 bridgehead atoms. The molecule has 4 nitrogen and oxygen atoms in total. The normalized spacial score (nSPS) is 23.0. The van der Waals surface area contributed by atoms with Crippen LogP contribution in [0.2, 0.25) is 0 Å². The van der Waals surface area contributed by atoms with Gasteiger partial charge in [-0.05, 0) is 60.3 Å². The van der Waals surface area contributed by atoms with Gasteiger partial charge >= 0.3 is 0 Å². The lowest BCUT2D eigenvalue weighted by Crippen LogP contribution is -2.48. The molecular formula is C44H43N4P. The Morgan fingerprint density at radius 2 is 0.796 bits per heavy atom. The third-order valence-electron chi connectivity index (χ3n) is 10.8. The van der Waals surface area contributed by atoms with Gasteiger partial charge in [0, 0.05) is 6.04 Å². The van der Waals surface area contributed by atoms with E-state index in [1.54, 1.807) is 0 Å². The maximum Gasteiger partial charge on any atom is 0.167 e. The Morgan fingerprint density at radius 3 is 1.20 bits per heavy atom. The molecule has 8 rings (SSSR count). The summed E-state index contributed by atoms with van der Waals surface area (Å²) in [6, 6.07) is 66.2. The summed E-state index contributed by atoms with van der Waals surface area (Å²) >= 11 is 0. The van der Waals surface area contributed by atoms with Crippen LogP contribution in [0, 0.1) is 0 Å². The Balaban J connectivity index is 1.43. The molecule has 6 aromatic carbocycles. The van der Waals surface area contributed by atoms with Crippen molar-refractivity contribution in [2.24, 2.45) is 4.74 Å². The summed E-state index contributed by atoms with van der Waals surface area (Å²) in [5, 5.41) is 4.49. The summed E-state index contributed by atoms with van der Waals surface area (Å²) in [7, 11) is 2.03. The molecule has 0 aliphatic carbocycles. The number of rotatable bonds is 8. The fraction of sp³-hybridized carbons (Fsp3) is 0.182. The van der Waals surface area contributed by atoms with Crippen molar-refractivity contribution in [1.82, 2.24) is 14.4 Å². The van der Waals surface area contributed by atoms with Gasteiger partial charge in [-0.3, -0.25) is 0 Å². The zero-order valence-corrected chi connectivity index (χ0v) is 29.1. The smallest absolute Gasteiger partial charge is 0.167 e. The third-order valence-corrected chi connectivity index (χ3v) is 14.4. The van der Waals surface area contributed by atoms with Gasteiger partial charge in [-0.1, -0.05) is 182 Å². The third kappa shape index (κ3) is 5.23. The van der Waals surface area contributed by atoms with Gasteiger partial charge in [-0.15, -0.1) is 0 Å². The fourth-order valence-electron chi connectivity index (χ4n) is 8.46. The van der Waals surface area contributed by atoms with Gasteiger partial charge in [-0.2, -0.15) is 0 Å². The highest BCUT2D eigenvalue weighted by Gasteiger charge is 2.64. The van der Waals surface area contributed by atoms with Crippen molar-refractivity contribution in [3.8, 4) is 0 Å². The van der Waals surface area contributed by atoms with Crippen LogP contribution in [0.4, 0.5) is 0 Å². The first-order valence-electron chi connectivity index (χ1n) is 17.3. The van der Waals surface area contributed by atoms with Crippen molar-refractivity contribution in [3.63, 3.8) is 0 Å². The van der Waals surface area contributed by atoms with Gasteiger partial charge in [0.05, 0.1) is 11.6 Å². The van der Waals surface area contributed by atoms with Crippen LogP contribution in [0.15, 0.2) is 187 Å². The van der Waals surface area contributed by atoms with E-state index >= 15 is 0 Å². The van der Waals surface area contributed by atoms with Gasteiger partial charge in [0.2, 0.25) is 0 Å². The molecule has 1 fully saturated rings. The molecule has 2 aliphatic rings. The van der Waals surface area contributed by atoms with Crippen molar-refractivity contribution in [2.75, 3.05) is 14.1 Å². The highest BCUT2D eigenvalue weighted by molar-refractivity contribution is 7.60. The Hall–Kier alpha value is -4.57. The quantitative estimate of drug-likeness (QED) is 0.165. The van der Waals surface area contributed by atoms with E-state index in [0.29, 0.717) is 0 Å². The van der Waals surface area contributed by atoms with E-state index in [0.717, 1.165) is 12.8 Å². The van der Waals surface area contributed by atoms with Crippen LogP contribution in [0.5, 0.6) is 0 Å². The van der Waals surface area contributed by atoms with Crippen molar-refractivity contribution >= 4 is 7.51 Å². The molecule has 2 aliphatic heterocycles. The molecule has 244 valence electrons. The lowest BCUT2D eigenvalue weighted by Gasteiger charge is -2.38. The van der Waals surface area contributed by atoms with Gasteiger partial charge in [0.1, 0.15) is 5.54 Å². The molecule has 0 aromatic heterocycles. The van der Waals surface area contributed by atoms with E-state index in [1.165, 1.54) is 33.4 Å². The number of nitrogens with zero attached hydrogens (tertiary/aromatic N) is 3. The van der Waals surface area contributed by atoms with Crippen LogP contribution in [0.3, 0.4) is 0 Å². The molecule has 0 radical (unpaired) electrons. The highest BCUT2D eigenvalue weighted by Crippen LogP contribution is 2.71. The topological polar surface area (TPSA) is 30.9 Å². The minimum absolute atomic E-state index is 0.0442. The number of benzene rings is 6. The van der Waals surface area contributed by atoms with Crippen molar-refractivity contribution in [3.05, 3.63) is 215 Å². The first-order chi connectivity index (χ1) is 24.1. The van der Waals surface area contributed by atoms with Crippen molar-refractivity contribution in [1.29, 1.82) is 0 Å². The molecule has 3 unspecified atom stereocenters. The van der Waals surface area contributed by atoms with Gasteiger partial charge in [-0.25, -0.2) is 19.2 Å². The minimum atomic E-state index is -2.63. The number of nitrogens with one attached hydrogen (secondary N) is 1. The predicted octanol–water partition coefficient (Wildman–Crippen LogP) is 9.52. The standard InChI is InChI=1S/C44H43N4P/c1-47-41(33-35-21-9-3-10-22-35)43(37-25-13-5-14-26-37,38-27-15-6-16-28-38)45-49(47)46-44(39-29-17-7-18-30-39,40-31-19-8-20-32-40)42(48(49)2)34-36-23-11-4-12-24-36/h3-32,41-42,45H,33-34H2,1-2H3. The van der Waals surface area contributed by atoms with Gasteiger partial charge < -0.3 is 0 Å². The number of likely N-dealkylation sites (N-methyl/N-ethyl adjacent to an activating group) is 2. The maximum absolute atomic E-state index is 6.32. The molecule has 5 heteroatoms. The molecule has 2 heterocycles. The second-order valence-corrected chi connectivity index (χ2v) is 16.2. The second-order valence-electron chi connectivity index (χ2n) is 13.4. The monoisotopic (exact) mass is 658 g/mol. The summed E-state index contributed by atoms with van der Waals surface area (Å²) in [6.45, 7) is 0. The fourth-order valence-corrected chi connectivity index (χ4v) is 12.5. The average molecular weight is 659 g/mol. The van der Waals surface area contributed by atoms with Gasteiger partial charge in [0.15, 0.2) is 7.51 Å². The maximum atomic E-state index is 6.32. The second kappa shape index (κ2) is 13.0. The van der Waals surface area contributed by atoms with Gasteiger partial charge in [0.25, 0.3) is 0 Å². The summed E-state index contributed by atoms with van der Waals surface area (Å²) < 4.78 is 11.6. The predicted molar refractivity (Wildman–Crippen MR) is 203 cm³/mol. The first kappa shape index (κ1) is 31.7. The molecule has 1 N–H and O–H groups in total. The summed E-state index contributed by atoms with van der Waals surface area (Å²) in [6.07, 6.45) is 1.72. The molecule has 0 saturated carbocycles. The Labute approximate surface area is 291 Å². The van der Waals surface area contributed by atoms with E-state index in [1.807, 2.05) is 0 Å². The van der Waals surface area contributed by atoms with Crippen LogP contribution < -0.4 is 5.09 Å². The first-order valence-corrected chi connectivity index (χ1v) is 18.9. The molecule has 1 spiro atoms. The number of hydrogen-bond acceptors (Lipinski definition) is 4. The lowest BCUT2D eigenvalue weighted by molar-refractivity contribution is 0.280. The van der Waals surface area contributed by atoms with Crippen LogP contribution in [0.1, 0.15) is 33.4 Å². The Bertz CT molecular complexity index is 1960. The molecule has 1 saturated heterocycles. The Morgan fingerprint density at radius 1 is 0.469 bits per heavy atom. The molecular weight excluding hydrogens is 615 g/mol. The molecule has 49 heavy (non-hydrogen) atoms. The molecule has 0 amide bonds. The summed E-state index contributed by atoms with van der Waals surface area (Å²) in [5.41, 5.74) is 6.43. The van der Waals surface area contributed by atoms with E-state index in [9.17, 15) is 0 Å². The van der Waals surface area contributed by atoms with Crippen LogP contribution in [-0.2, 0) is 23.9 Å². The largest absolute Gasteiger partial charge is 0.244 e. The zero-order valence-electron chi connectivity index (χ0n) is 28.2.